The number of aliphatic imine (C=N–C) groups is 1. The fourth-order valence-corrected chi connectivity index (χ4v) is 3.46. The second-order valence-electron chi connectivity index (χ2n) is 6.49. The number of nitrogens with zero attached hydrogens (tertiary/aromatic N) is 2. The molecule has 0 amide bonds. The van der Waals surface area contributed by atoms with E-state index in [1.807, 2.05) is 6.92 Å². The molecule has 134 valence electrons. The number of hydrogen-bond acceptors (Lipinski definition) is 3. The van der Waals surface area contributed by atoms with Crippen molar-refractivity contribution in [2.24, 2.45) is 10.9 Å². The fourth-order valence-electron chi connectivity index (χ4n) is 3.04. The first-order valence-corrected chi connectivity index (χ1v) is 10.8. The van der Waals surface area contributed by atoms with Gasteiger partial charge in [-0.3, -0.25) is 4.99 Å². The van der Waals surface area contributed by atoms with Gasteiger partial charge in [-0.25, -0.2) is 8.42 Å². The molecule has 1 N–H and O–H groups in total. The Morgan fingerprint density at radius 1 is 1.25 bits per heavy atom. The van der Waals surface area contributed by atoms with Gasteiger partial charge in [-0.05, 0) is 37.7 Å². The molecule has 1 saturated heterocycles. The molecule has 1 aliphatic rings. The lowest BCUT2D eigenvalue weighted by Crippen LogP contribution is -2.46. The number of likely N-dealkylation sites (tertiary alicyclic amines) is 1. The predicted molar refractivity (Wildman–Crippen MR) is 100 cm³/mol. The molecule has 0 bridgehead atoms. The molecule has 0 aromatic heterocycles. The van der Waals surface area contributed by atoms with Crippen LogP contribution in [0.1, 0.15) is 25.3 Å². The zero-order valence-electron chi connectivity index (χ0n) is 14.7. The molecule has 1 heterocycles. The standard InChI is InChI=1S/C18H29N3O2S/c1-3-19-18(20-11-14-24(2,22)23)21-12-9-17(10-13-21)15-16-7-5-4-6-8-16/h4-8,17H,3,9-15H2,1-2H3,(H,19,20). The molecule has 1 aromatic carbocycles. The minimum Gasteiger partial charge on any atom is -0.357 e. The van der Waals surface area contributed by atoms with E-state index in [0.717, 1.165) is 44.9 Å². The molecule has 0 spiro atoms. The fraction of sp³-hybridized carbons (Fsp3) is 0.611. The summed E-state index contributed by atoms with van der Waals surface area (Å²) in [7, 11) is -2.96. The van der Waals surface area contributed by atoms with E-state index in [9.17, 15) is 8.42 Å². The van der Waals surface area contributed by atoms with Crippen LogP contribution in [0.3, 0.4) is 0 Å². The van der Waals surface area contributed by atoms with Gasteiger partial charge in [0.15, 0.2) is 5.96 Å². The van der Waals surface area contributed by atoms with Crippen LogP contribution in [0.15, 0.2) is 35.3 Å². The Bertz CT molecular complexity index is 621. The number of nitrogens with one attached hydrogen (secondary N) is 1. The van der Waals surface area contributed by atoms with E-state index in [4.69, 9.17) is 0 Å². The molecule has 0 radical (unpaired) electrons. The van der Waals surface area contributed by atoms with Gasteiger partial charge >= 0.3 is 0 Å². The molecular formula is C18H29N3O2S. The predicted octanol–water partition coefficient (Wildman–Crippen LogP) is 1.95. The second kappa shape index (κ2) is 9.06. The Balaban J connectivity index is 1.86. The van der Waals surface area contributed by atoms with Gasteiger partial charge in [0.05, 0.1) is 12.3 Å². The summed E-state index contributed by atoms with van der Waals surface area (Å²) in [6, 6.07) is 10.7. The molecule has 2 rings (SSSR count). The minimum absolute atomic E-state index is 0.104. The number of rotatable bonds is 6. The summed E-state index contributed by atoms with van der Waals surface area (Å²) in [6.45, 7) is 5.10. The highest BCUT2D eigenvalue weighted by Crippen LogP contribution is 2.21. The van der Waals surface area contributed by atoms with Crippen molar-refractivity contribution in [1.29, 1.82) is 0 Å². The molecule has 6 heteroatoms. The van der Waals surface area contributed by atoms with E-state index in [1.165, 1.54) is 11.8 Å². The molecular weight excluding hydrogens is 322 g/mol. The summed E-state index contributed by atoms with van der Waals surface area (Å²) in [5.41, 5.74) is 1.41. The Morgan fingerprint density at radius 2 is 1.92 bits per heavy atom. The highest BCUT2D eigenvalue weighted by Gasteiger charge is 2.21. The monoisotopic (exact) mass is 351 g/mol. The van der Waals surface area contributed by atoms with Gasteiger partial charge in [0, 0.05) is 25.9 Å². The topological polar surface area (TPSA) is 61.8 Å². The Morgan fingerprint density at radius 3 is 2.50 bits per heavy atom. The zero-order chi connectivity index (χ0) is 17.4. The van der Waals surface area contributed by atoms with Gasteiger partial charge in [0.2, 0.25) is 0 Å². The van der Waals surface area contributed by atoms with Gasteiger partial charge in [-0.15, -0.1) is 0 Å². The van der Waals surface area contributed by atoms with Crippen molar-refractivity contribution in [1.82, 2.24) is 10.2 Å². The molecule has 5 nitrogen and oxygen atoms in total. The lowest BCUT2D eigenvalue weighted by atomic mass is 9.90. The molecule has 24 heavy (non-hydrogen) atoms. The van der Waals surface area contributed by atoms with Crippen molar-refractivity contribution in [3.8, 4) is 0 Å². The first-order chi connectivity index (χ1) is 11.5. The van der Waals surface area contributed by atoms with Crippen LogP contribution in [0.2, 0.25) is 0 Å². The van der Waals surface area contributed by atoms with E-state index in [-0.39, 0.29) is 5.75 Å². The highest BCUT2D eigenvalue weighted by molar-refractivity contribution is 7.90. The first-order valence-electron chi connectivity index (χ1n) is 8.73. The molecule has 0 atom stereocenters. The third kappa shape index (κ3) is 6.51. The molecule has 1 aromatic rings. The summed E-state index contributed by atoms with van der Waals surface area (Å²) >= 11 is 0. The van der Waals surface area contributed by atoms with Crippen molar-refractivity contribution < 1.29 is 8.42 Å². The minimum atomic E-state index is -2.96. The van der Waals surface area contributed by atoms with Crippen LogP contribution in [0.4, 0.5) is 0 Å². The third-order valence-electron chi connectivity index (χ3n) is 4.34. The van der Waals surface area contributed by atoms with Crippen LogP contribution in [-0.2, 0) is 16.3 Å². The third-order valence-corrected chi connectivity index (χ3v) is 5.26. The van der Waals surface area contributed by atoms with Crippen LogP contribution in [0, 0.1) is 5.92 Å². The number of guanidine groups is 1. The summed E-state index contributed by atoms with van der Waals surface area (Å²) in [5.74, 6) is 1.66. The van der Waals surface area contributed by atoms with Gasteiger partial charge in [-0.1, -0.05) is 30.3 Å². The van der Waals surface area contributed by atoms with E-state index >= 15 is 0 Å². The average molecular weight is 352 g/mol. The van der Waals surface area contributed by atoms with Crippen molar-refractivity contribution in [2.45, 2.75) is 26.2 Å². The molecule has 0 saturated carbocycles. The Hall–Kier alpha value is -1.56. The zero-order valence-corrected chi connectivity index (χ0v) is 15.6. The Kier molecular flexibility index (Phi) is 7.09. The van der Waals surface area contributed by atoms with Gasteiger partial charge in [-0.2, -0.15) is 0 Å². The van der Waals surface area contributed by atoms with Crippen LogP contribution >= 0.6 is 0 Å². The second-order valence-corrected chi connectivity index (χ2v) is 8.75. The number of piperidine rings is 1. The lowest BCUT2D eigenvalue weighted by molar-refractivity contribution is 0.259. The lowest BCUT2D eigenvalue weighted by Gasteiger charge is -2.34. The summed E-state index contributed by atoms with van der Waals surface area (Å²) in [5, 5.41) is 3.28. The van der Waals surface area contributed by atoms with Crippen molar-refractivity contribution in [3.63, 3.8) is 0 Å². The SMILES string of the molecule is CCNC(=NCCS(C)(=O)=O)N1CCC(Cc2ccccc2)CC1. The van der Waals surface area contributed by atoms with Crippen LogP contribution < -0.4 is 5.32 Å². The molecule has 1 fully saturated rings. The molecule has 0 unspecified atom stereocenters. The average Bonchev–Trinajstić information content (AvgIpc) is 2.55. The maximum atomic E-state index is 11.3. The largest absolute Gasteiger partial charge is 0.357 e. The Labute approximate surface area is 146 Å². The number of benzene rings is 1. The van der Waals surface area contributed by atoms with Crippen molar-refractivity contribution in [3.05, 3.63) is 35.9 Å². The highest BCUT2D eigenvalue weighted by atomic mass is 32.2. The van der Waals surface area contributed by atoms with E-state index in [2.05, 4.69) is 45.5 Å². The maximum absolute atomic E-state index is 11.3. The van der Waals surface area contributed by atoms with Crippen LogP contribution in [0.25, 0.3) is 0 Å². The summed E-state index contributed by atoms with van der Waals surface area (Å²) in [4.78, 5) is 6.74. The van der Waals surface area contributed by atoms with Gasteiger partial charge in [0.1, 0.15) is 9.84 Å². The van der Waals surface area contributed by atoms with E-state index in [1.54, 1.807) is 0 Å². The van der Waals surface area contributed by atoms with E-state index < -0.39 is 9.84 Å². The van der Waals surface area contributed by atoms with Gasteiger partial charge in [0.25, 0.3) is 0 Å². The maximum Gasteiger partial charge on any atom is 0.193 e. The number of hydrogen-bond donors (Lipinski definition) is 1. The van der Waals surface area contributed by atoms with Gasteiger partial charge < -0.3 is 10.2 Å². The van der Waals surface area contributed by atoms with E-state index in [0.29, 0.717) is 12.5 Å². The van der Waals surface area contributed by atoms with Crippen molar-refractivity contribution >= 4 is 15.8 Å². The quantitative estimate of drug-likeness (QED) is 0.629. The van der Waals surface area contributed by atoms with Crippen LogP contribution in [-0.4, -0.2) is 57.5 Å². The normalized spacial score (nSPS) is 17.1. The van der Waals surface area contributed by atoms with Crippen molar-refractivity contribution in [2.75, 3.05) is 38.2 Å². The summed E-state index contributed by atoms with van der Waals surface area (Å²) < 4.78 is 22.5. The molecule has 1 aliphatic heterocycles. The van der Waals surface area contributed by atoms with Crippen LogP contribution in [0.5, 0.6) is 0 Å². The first kappa shape index (κ1) is 18.8. The molecule has 0 aliphatic carbocycles. The number of sulfone groups is 1. The summed E-state index contributed by atoms with van der Waals surface area (Å²) in [6.07, 6.45) is 4.68. The smallest absolute Gasteiger partial charge is 0.193 e.